The molecule has 1 aromatic heterocycles. The number of carbonyl (C=O) groups is 1. The number of aromatic nitrogens is 1. The number of rotatable bonds is 4. The van der Waals surface area contributed by atoms with Crippen molar-refractivity contribution in [3.8, 4) is 0 Å². The number of ether oxygens (including phenoxy) is 1. The third kappa shape index (κ3) is 4.33. The van der Waals surface area contributed by atoms with Gasteiger partial charge in [-0.1, -0.05) is 6.92 Å². The zero-order valence-electron chi connectivity index (χ0n) is 17.7. The molecule has 4 rings (SSSR count). The molecular weight excluding hydrogens is 442 g/mol. The average Bonchev–Trinajstić information content (AvgIpc) is 3.34. The minimum atomic E-state index is -3.98. The molecule has 0 bridgehead atoms. The Hall–Kier alpha value is -2.60. The van der Waals surface area contributed by atoms with Gasteiger partial charge in [0.05, 0.1) is 12.3 Å². The van der Waals surface area contributed by atoms with Crippen molar-refractivity contribution < 1.29 is 22.5 Å². The Balaban J connectivity index is 1.63. The molecule has 5 N–H and O–H groups in total. The highest BCUT2D eigenvalue weighted by atomic mass is 32.2. The molecule has 1 aliphatic heterocycles. The molecule has 0 spiro atoms. The SMILES string of the molecule is CC1CCc2c1nc1c(c2NC(=O)N=S(N)(=O)C(=N)C2=C(NC(F)F)OCCC2)CCC1. The average molecular weight is 469 g/mol. The van der Waals surface area contributed by atoms with Crippen LogP contribution in [0.3, 0.4) is 0 Å². The fraction of sp³-hybridized carbons (Fsp3) is 0.550. The number of pyridine rings is 1. The predicted octanol–water partition coefficient (Wildman–Crippen LogP) is 3.31. The van der Waals surface area contributed by atoms with Crippen LogP contribution >= 0.6 is 0 Å². The number of amides is 2. The van der Waals surface area contributed by atoms with E-state index in [0.29, 0.717) is 12.1 Å². The van der Waals surface area contributed by atoms with E-state index in [2.05, 4.69) is 16.6 Å². The van der Waals surface area contributed by atoms with Crippen molar-refractivity contribution in [2.45, 2.75) is 64.3 Å². The van der Waals surface area contributed by atoms with Crippen LogP contribution in [-0.2, 0) is 33.9 Å². The van der Waals surface area contributed by atoms with E-state index in [0.717, 1.165) is 54.6 Å². The van der Waals surface area contributed by atoms with Crippen LogP contribution in [0.25, 0.3) is 0 Å². The minimum Gasteiger partial charge on any atom is -0.479 e. The topological polar surface area (TPSA) is 143 Å². The summed E-state index contributed by atoms with van der Waals surface area (Å²) < 4.78 is 47.2. The van der Waals surface area contributed by atoms with Crippen LogP contribution in [0.5, 0.6) is 0 Å². The number of hydrogen-bond donors (Lipinski definition) is 4. The molecule has 0 saturated heterocycles. The second-order valence-corrected chi connectivity index (χ2v) is 9.92. The summed E-state index contributed by atoms with van der Waals surface area (Å²) in [6.45, 7) is -0.667. The molecule has 2 unspecified atom stereocenters. The summed E-state index contributed by atoms with van der Waals surface area (Å²) in [5.41, 5.74) is 4.44. The molecule has 0 radical (unpaired) electrons. The molecular formula is C20H26F2N6O3S. The van der Waals surface area contributed by atoms with Crippen LogP contribution < -0.4 is 15.8 Å². The highest BCUT2D eigenvalue weighted by molar-refractivity contribution is 8.07. The number of nitrogens with one attached hydrogen (secondary N) is 3. The first-order chi connectivity index (χ1) is 15.2. The van der Waals surface area contributed by atoms with Crippen molar-refractivity contribution in [2.75, 3.05) is 11.9 Å². The second kappa shape index (κ2) is 8.74. The van der Waals surface area contributed by atoms with E-state index in [1.165, 1.54) is 0 Å². The molecule has 12 heteroatoms. The first-order valence-electron chi connectivity index (χ1n) is 10.6. The third-order valence-electron chi connectivity index (χ3n) is 6.00. The lowest BCUT2D eigenvalue weighted by atomic mass is 10.0. The predicted molar refractivity (Wildman–Crippen MR) is 116 cm³/mol. The van der Waals surface area contributed by atoms with Gasteiger partial charge in [-0.15, -0.1) is 4.36 Å². The summed E-state index contributed by atoms with van der Waals surface area (Å²) in [7, 11) is -3.98. The van der Waals surface area contributed by atoms with E-state index in [9.17, 15) is 17.8 Å². The summed E-state index contributed by atoms with van der Waals surface area (Å²) in [6, 6.07) is -0.940. The molecule has 0 aromatic carbocycles. The number of anilines is 1. The highest BCUT2D eigenvalue weighted by Gasteiger charge is 2.31. The molecule has 1 aromatic rings. The van der Waals surface area contributed by atoms with Crippen LogP contribution in [0, 0.1) is 5.41 Å². The molecule has 32 heavy (non-hydrogen) atoms. The Morgan fingerprint density at radius 1 is 1.28 bits per heavy atom. The van der Waals surface area contributed by atoms with Gasteiger partial charge in [-0.05, 0) is 62.0 Å². The van der Waals surface area contributed by atoms with Crippen LogP contribution in [-0.4, -0.2) is 33.4 Å². The lowest BCUT2D eigenvalue weighted by Crippen LogP contribution is -2.33. The van der Waals surface area contributed by atoms with Crippen molar-refractivity contribution in [2.24, 2.45) is 9.50 Å². The number of carbonyl (C=O) groups excluding carboxylic acids is 1. The van der Waals surface area contributed by atoms with Crippen molar-refractivity contribution >= 4 is 26.7 Å². The van der Waals surface area contributed by atoms with E-state index in [1.807, 2.05) is 0 Å². The zero-order valence-corrected chi connectivity index (χ0v) is 18.5. The van der Waals surface area contributed by atoms with Gasteiger partial charge in [0, 0.05) is 17.0 Å². The largest absolute Gasteiger partial charge is 0.479 e. The van der Waals surface area contributed by atoms with Gasteiger partial charge in [0.15, 0.2) is 20.8 Å². The number of fused-ring (bicyclic) bond motifs is 2. The third-order valence-corrected chi connectivity index (χ3v) is 7.27. The van der Waals surface area contributed by atoms with Gasteiger partial charge < -0.3 is 15.4 Å². The smallest absolute Gasteiger partial charge is 0.354 e. The van der Waals surface area contributed by atoms with Gasteiger partial charge in [-0.3, -0.25) is 10.4 Å². The first kappa shape index (κ1) is 22.6. The van der Waals surface area contributed by atoms with Gasteiger partial charge >= 0.3 is 12.6 Å². The number of aryl methyl sites for hydroxylation is 1. The molecule has 0 saturated carbocycles. The van der Waals surface area contributed by atoms with Crippen LogP contribution in [0.15, 0.2) is 15.8 Å². The molecule has 0 fully saturated rings. The number of nitrogens with zero attached hydrogens (tertiary/aromatic N) is 2. The van der Waals surface area contributed by atoms with E-state index in [1.54, 1.807) is 5.32 Å². The number of urea groups is 1. The molecule has 2 heterocycles. The van der Waals surface area contributed by atoms with Crippen molar-refractivity contribution in [3.63, 3.8) is 0 Å². The Labute approximate surface area is 185 Å². The quantitative estimate of drug-likeness (QED) is 0.305. The fourth-order valence-electron chi connectivity index (χ4n) is 4.50. The van der Waals surface area contributed by atoms with E-state index < -0.39 is 27.5 Å². The van der Waals surface area contributed by atoms with E-state index in [-0.39, 0.29) is 30.4 Å². The Bertz CT molecular complexity index is 1130. The normalized spacial score (nSPS) is 21.5. The maximum atomic E-state index is 12.9. The van der Waals surface area contributed by atoms with Gasteiger partial charge in [0.1, 0.15) is 0 Å². The summed E-state index contributed by atoms with van der Waals surface area (Å²) in [5.74, 6) is -0.0711. The lowest BCUT2D eigenvalue weighted by Gasteiger charge is -2.22. The van der Waals surface area contributed by atoms with Crippen LogP contribution in [0.2, 0.25) is 0 Å². The maximum Gasteiger partial charge on any atom is 0.354 e. The van der Waals surface area contributed by atoms with Crippen molar-refractivity contribution in [1.29, 1.82) is 5.41 Å². The highest BCUT2D eigenvalue weighted by Crippen LogP contribution is 2.41. The number of hydrogen-bond acceptors (Lipinski definition) is 6. The van der Waals surface area contributed by atoms with Gasteiger partial charge in [-0.25, -0.2) is 14.1 Å². The summed E-state index contributed by atoms with van der Waals surface area (Å²) in [4.78, 5) is 17.5. The summed E-state index contributed by atoms with van der Waals surface area (Å²) >= 11 is 0. The Kier molecular flexibility index (Phi) is 6.17. The maximum absolute atomic E-state index is 12.9. The van der Waals surface area contributed by atoms with Crippen molar-refractivity contribution in [1.82, 2.24) is 10.3 Å². The number of halogens is 2. The molecule has 2 atom stereocenters. The standard InChI is InChI=1S/C20H26F2N6O3S/c1-10-7-8-12-15(10)25-14-6-2-4-11(14)16(12)26-20(29)28-32(24,30)17(23)13-5-3-9-31-18(13)27-19(21)22/h10,19,23,27H,2-9H2,1H3,(H3,24,25,26,28,29,30). The second-order valence-electron chi connectivity index (χ2n) is 8.19. The van der Waals surface area contributed by atoms with E-state index in [4.69, 9.17) is 20.3 Å². The van der Waals surface area contributed by atoms with Gasteiger partial charge in [0.2, 0.25) is 0 Å². The molecule has 2 aliphatic carbocycles. The molecule has 3 aliphatic rings. The molecule has 174 valence electrons. The van der Waals surface area contributed by atoms with Gasteiger partial charge in [0.25, 0.3) is 0 Å². The summed E-state index contributed by atoms with van der Waals surface area (Å²) in [6.07, 6.45) is 4.84. The Morgan fingerprint density at radius 2 is 2.06 bits per heavy atom. The van der Waals surface area contributed by atoms with Gasteiger partial charge in [-0.2, -0.15) is 8.78 Å². The lowest BCUT2D eigenvalue weighted by molar-refractivity contribution is 0.0725. The molecule has 2 amide bonds. The minimum absolute atomic E-state index is 0.0693. The van der Waals surface area contributed by atoms with Crippen LogP contribution in [0.1, 0.15) is 61.0 Å². The Morgan fingerprint density at radius 3 is 2.81 bits per heavy atom. The number of nitrogens with two attached hydrogens (primary N) is 1. The van der Waals surface area contributed by atoms with Crippen LogP contribution in [0.4, 0.5) is 19.3 Å². The van der Waals surface area contributed by atoms with Crippen molar-refractivity contribution in [3.05, 3.63) is 34.0 Å². The monoisotopic (exact) mass is 468 g/mol. The number of alkyl halides is 2. The summed E-state index contributed by atoms with van der Waals surface area (Å²) in [5, 5.41) is 17.8. The fourth-order valence-corrected chi connectivity index (χ4v) is 5.43. The first-order valence-corrected chi connectivity index (χ1v) is 12.1. The zero-order chi connectivity index (χ0) is 23.0. The van der Waals surface area contributed by atoms with E-state index >= 15 is 0 Å². The molecule has 9 nitrogen and oxygen atoms in total.